The number of aromatic nitrogens is 1. The predicted molar refractivity (Wildman–Crippen MR) is 101 cm³/mol. The average Bonchev–Trinajstić information content (AvgIpc) is 2.69. The van der Waals surface area contributed by atoms with Gasteiger partial charge in [0.15, 0.2) is 0 Å². The molecule has 0 radical (unpaired) electrons. The van der Waals surface area contributed by atoms with Crippen LogP contribution in [0.15, 0.2) is 60.7 Å². The number of hydrogen-bond acceptors (Lipinski definition) is 3. The molecule has 0 atom stereocenters. The summed E-state index contributed by atoms with van der Waals surface area (Å²) in [6, 6.07) is 14.8. The van der Waals surface area contributed by atoms with Gasteiger partial charge in [0, 0.05) is 12.6 Å². The molecule has 5 nitrogen and oxygen atoms in total. The van der Waals surface area contributed by atoms with E-state index in [4.69, 9.17) is 0 Å². The normalized spacial score (nSPS) is 10.4. The Kier molecular flexibility index (Phi) is 5.74. The summed E-state index contributed by atoms with van der Waals surface area (Å²) in [5.41, 5.74) is 1.83. The molecule has 3 rings (SSSR count). The number of nitrogens with zero attached hydrogens (tertiary/aromatic N) is 1. The third kappa shape index (κ3) is 4.56. The van der Waals surface area contributed by atoms with Crippen molar-refractivity contribution in [2.45, 2.75) is 13.5 Å². The molecule has 3 aromatic rings. The van der Waals surface area contributed by atoms with Crippen LogP contribution in [-0.4, -0.2) is 16.8 Å². The Bertz CT molecular complexity index is 1040. The molecule has 0 aliphatic heterocycles. The van der Waals surface area contributed by atoms with Crippen molar-refractivity contribution in [3.05, 3.63) is 94.8 Å². The third-order valence-corrected chi connectivity index (χ3v) is 4.09. The number of rotatable bonds is 5. The highest BCUT2D eigenvalue weighted by Gasteiger charge is 2.14. The van der Waals surface area contributed by atoms with Crippen LogP contribution in [0.4, 0.5) is 14.5 Å². The molecule has 142 valence electrons. The van der Waals surface area contributed by atoms with E-state index in [1.165, 1.54) is 18.2 Å². The maximum atomic E-state index is 13.7. The van der Waals surface area contributed by atoms with E-state index in [9.17, 15) is 18.4 Å². The standard InChI is InChI=1S/C21H17F2N3O2/c1-13-5-2-3-6-14(13)12-24-20(27)18-7-4-8-19(25-18)21(28)26-17-10-9-15(22)11-16(17)23/h2-11H,12H2,1H3,(H,24,27)(H,26,28). The van der Waals surface area contributed by atoms with Crippen LogP contribution >= 0.6 is 0 Å². The second kappa shape index (κ2) is 8.39. The van der Waals surface area contributed by atoms with Gasteiger partial charge in [0.2, 0.25) is 0 Å². The van der Waals surface area contributed by atoms with E-state index in [2.05, 4.69) is 15.6 Å². The van der Waals surface area contributed by atoms with Gasteiger partial charge in [-0.2, -0.15) is 0 Å². The topological polar surface area (TPSA) is 71.1 Å². The molecule has 0 spiro atoms. The third-order valence-electron chi connectivity index (χ3n) is 4.09. The van der Waals surface area contributed by atoms with E-state index in [0.29, 0.717) is 12.6 Å². The second-order valence-corrected chi connectivity index (χ2v) is 6.10. The molecule has 2 N–H and O–H groups in total. The lowest BCUT2D eigenvalue weighted by Crippen LogP contribution is -2.25. The molecule has 2 amide bonds. The summed E-state index contributed by atoms with van der Waals surface area (Å²) in [7, 11) is 0. The van der Waals surface area contributed by atoms with Gasteiger partial charge in [0.1, 0.15) is 23.0 Å². The summed E-state index contributed by atoms with van der Waals surface area (Å²) in [5.74, 6) is -2.80. The highest BCUT2D eigenvalue weighted by molar-refractivity contribution is 6.03. The number of nitrogens with one attached hydrogen (secondary N) is 2. The minimum absolute atomic E-state index is 0.0563. The first-order valence-electron chi connectivity index (χ1n) is 8.50. The molecular weight excluding hydrogens is 364 g/mol. The summed E-state index contributed by atoms with van der Waals surface area (Å²) in [6.45, 7) is 2.27. The molecule has 1 heterocycles. The fourth-order valence-electron chi connectivity index (χ4n) is 2.54. The Morgan fingerprint density at radius 2 is 1.64 bits per heavy atom. The maximum absolute atomic E-state index is 13.7. The van der Waals surface area contributed by atoms with E-state index in [0.717, 1.165) is 23.3 Å². The van der Waals surface area contributed by atoms with Gasteiger partial charge in [-0.1, -0.05) is 30.3 Å². The fraction of sp³-hybridized carbons (Fsp3) is 0.0952. The number of benzene rings is 2. The van der Waals surface area contributed by atoms with E-state index >= 15 is 0 Å². The Morgan fingerprint density at radius 1 is 0.929 bits per heavy atom. The van der Waals surface area contributed by atoms with Crippen LogP contribution in [0.3, 0.4) is 0 Å². The Labute approximate surface area is 160 Å². The number of pyridine rings is 1. The van der Waals surface area contributed by atoms with Crippen molar-refractivity contribution in [1.82, 2.24) is 10.3 Å². The predicted octanol–water partition coefficient (Wildman–Crippen LogP) is 3.85. The summed E-state index contributed by atoms with van der Waals surface area (Å²) in [5, 5.41) is 5.06. The quantitative estimate of drug-likeness (QED) is 0.705. The van der Waals surface area contributed by atoms with Crippen LogP contribution < -0.4 is 10.6 Å². The zero-order chi connectivity index (χ0) is 20.1. The van der Waals surface area contributed by atoms with Crippen molar-refractivity contribution in [2.24, 2.45) is 0 Å². The van der Waals surface area contributed by atoms with Crippen LogP contribution in [0.2, 0.25) is 0 Å². The lowest BCUT2D eigenvalue weighted by atomic mass is 10.1. The molecular formula is C21H17F2N3O2. The first kappa shape index (κ1) is 19.2. The Hall–Kier alpha value is -3.61. The summed E-state index contributed by atoms with van der Waals surface area (Å²) in [4.78, 5) is 28.7. The van der Waals surface area contributed by atoms with Gasteiger partial charge in [0.25, 0.3) is 11.8 Å². The minimum atomic E-state index is -0.902. The molecule has 0 aliphatic rings. The number of aryl methyl sites for hydroxylation is 1. The molecule has 0 saturated heterocycles. The van der Waals surface area contributed by atoms with Crippen molar-refractivity contribution in [3.8, 4) is 0 Å². The van der Waals surface area contributed by atoms with Gasteiger partial charge >= 0.3 is 0 Å². The van der Waals surface area contributed by atoms with Gasteiger partial charge in [-0.3, -0.25) is 9.59 Å². The molecule has 0 fully saturated rings. The molecule has 0 unspecified atom stereocenters. The fourth-order valence-corrected chi connectivity index (χ4v) is 2.54. The van der Waals surface area contributed by atoms with Crippen molar-refractivity contribution < 1.29 is 18.4 Å². The lowest BCUT2D eigenvalue weighted by molar-refractivity contribution is 0.0945. The van der Waals surface area contributed by atoms with Crippen LogP contribution in [-0.2, 0) is 6.54 Å². The van der Waals surface area contributed by atoms with Gasteiger partial charge < -0.3 is 10.6 Å². The number of halogens is 2. The highest BCUT2D eigenvalue weighted by Crippen LogP contribution is 2.16. The van der Waals surface area contributed by atoms with Crippen molar-refractivity contribution >= 4 is 17.5 Å². The van der Waals surface area contributed by atoms with Crippen molar-refractivity contribution in [2.75, 3.05) is 5.32 Å². The minimum Gasteiger partial charge on any atom is -0.347 e. The van der Waals surface area contributed by atoms with Crippen LogP contribution in [0.1, 0.15) is 32.1 Å². The Morgan fingerprint density at radius 3 is 2.36 bits per heavy atom. The molecule has 2 aromatic carbocycles. The first-order valence-corrected chi connectivity index (χ1v) is 8.50. The van der Waals surface area contributed by atoms with E-state index in [1.807, 2.05) is 31.2 Å². The molecule has 0 saturated carbocycles. The number of anilines is 1. The molecule has 0 bridgehead atoms. The van der Waals surface area contributed by atoms with Crippen LogP contribution in [0.25, 0.3) is 0 Å². The number of hydrogen-bond donors (Lipinski definition) is 2. The average molecular weight is 381 g/mol. The monoisotopic (exact) mass is 381 g/mol. The molecule has 1 aromatic heterocycles. The second-order valence-electron chi connectivity index (χ2n) is 6.10. The summed E-state index contributed by atoms with van der Waals surface area (Å²) < 4.78 is 26.6. The first-order chi connectivity index (χ1) is 13.4. The van der Waals surface area contributed by atoms with Crippen molar-refractivity contribution in [1.29, 1.82) is 0 Å². The zero-order valence-corrected chi connectivity index (χ0v) is 15.0. The van der Waals surface area contributed by atoms with E-state index in [-0.39, 0.29) is 17.1 Å². The largest absolute Gasteiger partial charge is 0.347 e. The van der Waals surface area contributed by atoms with E-state index < -0.39 is 23.4 Å². The van der Waals surface area contributed by atoms with Gasteiger partial charge in [0.05, 0.1) is 5.69 Å². The van der Waals surface area contributed by atoms with Gasteiger partial charge in [-0.25, -0.2) is 13.8 Å². The van der Waals surface area contributed by atoms with E-state index in [1.54, 1.807) is 0 Å². The molecule has 7 heteroatoms. The maximum Gasteiger partial charge on any atom is 0.274 e. The highest BCUT2D eigenvalue weighted by atomic mass is 19.1. The van der Waals surface area contributed by atoms with Crippen molar-refractivity contribution in [3.63, 3.8) is 0 Å². The summed E-state index contributed by atoms with van der Waals surface area (Å²) in [6.07, 6.45) is 0. The zero-order valence-electron chi connectivity index (χ0n) is 15.0. The van der Waals surface area contributed by atoms with Gasteiger partial charge in [-0.15, -0.1) is 0 Å². The number of carbonyl (C=O) groups excluding carboxylic acids is 2. The summed E-state index contributed by atoms with van der Waals surface area (Å²) >= 11 is 0. The van der Waals surface area contributed by atoms with Crippen LogP contribution in [0, 0.1) is 18.6 Å². The smallest absolute Gasteiger partial charge is 0.274 e. The van der Waals surface area contributed by atoms with Crippen LogP contribution in [0.5, 0.6) is 0 Å². The SMILES string of the molecule is Cc1ccccc1CNC(=O)c1cccc(C(=O)Nc2ccc(F)cc2F)n1. The molecule has 28 heavy (non-hydrogen) atoms. The molecule has 0 aliphatic carbocycles. The number of amides is 2. The number of carbonyl (C=O) groups is 2. The lowest BCUT2D eigenvalue weighted by Gasteiger charge is -2.09. The Balaban J connectivity index is 1.69. The van der Waals surface area contributed by atoms with Gasteiger partial charge in [-0.05, 0) is 42.3 Å².